The zero-order chi connectivity index (χ0) is 17.2. The number of aromatic nitrogens is 2. The van der Waals surface area contributed by atoms with E-state index in [9.17, 15) is 4.79 Å². The third-order valence-electron chi connectivity index (χ3n) is 4.55. The molecule has 1 saturated heterocycles. The third kappa shape index (κ3) is 3.08. The fourth-order valence-corrected chi connectivity index (χ4v) is 3.20. The number of carbonyl (C=O) groups excluding carboxylic acids is 1. The van der Waals surface area contributed by atoms with E-state index in [1.165, 1.54) is 0 Å². The van der Waals surface area contributed by atoms with E-state index in [0.29, 0.717) is 11.6 Å². The Morgan fingerprint density at radius 2 is 2.12 bits per heavy atom. The van der Waals surface area contributed by atoms with Crippen LogP contribution in [0.3, 0.4) is 0 Å². The molecule has 3 aromatic rings. The molecule has 0 spiro atoms. The van der Waals surface area contributed by atoms with Gasteiger partial charge in [0.1, 0.15) is 0 Å². The van der Waals surface area contributed by atoms with Crippen molar-refractivity contribution in [3.05, 3.63) is 54.2 Å². The van der Waals surface area contributed by atoms with Gasteiger partial charge in [-0.1, -0.05) is 12.1 Å². The molecule has 1 fully saturated rings. The average Bonchev–Trinajstić information content (AvgIpc) is 3.11. The van der Waals surface area contributed by atoms with Gasteiger partial charge >= 0.3 is 0 Å². The van der Waals surface area contributed by atoms with Crippen molar-refractivity contribution in [3.8, 4) is 0 Å². The molecular weight excluding hydrogens is 316 g/mol. The van der Waals surface area contributed by atoms with Crippen molar-refractivity contribution in [2.45, 2.75) is 13.0 Å². The Bertz CT molecular complexity index is 888. The molecule has 0 bridgehead atoms. The van der Waals surface area contributed by atoms with Gasteiger partial charge in [-0.05, 0) is 37.3 Å². The molecular formula is C19H20N4O2. The minimum Gasteiger partial charge on any atom is -0.377 e. The monoisotopic (exact) mass is 336 g/mol. The van der Waals surface area contributed by atoms with Crippen molar-refractivity contribution in [2.24, 2.45) is 0 Å². The summed E-state index contributed by atoms with van der Waals surface area (Å²) in [6.45, 7) is 4.53. The second-order valence-electron chi connectivity index (χ2n) is 6.26. The number of aromatic amines is 1. The van der Waals surface area contributed by atoms with E-state index in [-0.39, 0.29) is 5.91 Å². The molecule has 1 aliphatic rings. The Balaban J connectivity index is 1.51. The first kappa shape index (κ1) is 15.7. The number of rotatable bonds is 3. The summed E-state index contributed by atoms with van der Waals surface area (Å²) in [6, 6.07) is 13.9. The minimum atomic E-state index is -0.151. The second-order valence-corrected chi connectivity index (χ2v) is 6.26. The van der Waals surface area contributed by atoms with Crippen molar-refractivity contribution in [3.63, 3.8) is 0 Å². The topological polar surface area (TPSA) is 70.2 Å². The highest BCUT2D eigenvalue weighted by molar-refractivity contribution is 6.11. The third-order valence-corrected chi connectivity index (χ3v) is 4.55. The number of nitrogens with one attached hydrogen (secondary N) is 2. The Morgan fingerprint density at radius 3 is 2.92 bits per heavy atom. The summed E-state index contributed by atoms with van der Waals surface area (Å²) in [6.07, 6.45) is 1.71. The van der Waals surface area contributed by atoms with Crippen LogP contribution in [0.1, 0.15) is 17.3 Å². The summed E-state index contributed by atoms with van der Waals surface area (Å²) in [5.41, 5.74) is 3.25. The van der Waals surface area contributed by atoms with Gasteiger partial charge in [-0.25, -0.2) is 0 Å². The van der Waals surface area contributed by atoms with E-state index < -0.39 is 0 Å². The minimum absolute atomic E-state index is 0.151. The molecule has 0 radical (unpaired) electrons. The van der Waals surface area contributed by atoms with Crippen LogP contribution in [0.15, 0.2) is 48.7 Å². The summed E-state index contributed by atoms with van der Waals surface area (Å²) in [5.74, 6) is -0.151. The van der Waals surface area contributed by atoms with Crippen LogP contribution >= 0.6 is 0 Å². The number of benzene rings is 2. The number of carbonyl (C=O) groups is 1. The lowest BCUT2D eigenvalue weighted by molar-refractivity contribution is 0.0989. The number of H-pyrrole nitrogens is 1. The summed E-state index contributed by atoms with van der Waals surface area (Å²) < 4.78 is 5.48. The van der Waals surface area contributed by atoms with Crippen molar-refractivity contribution in [2.75, 3.05) is 30.0 Å². The van der Waals surface area contributed by atoms with E-state index in [4.69, 9.17) is 4.74 Å². The van der Waals surface area contributed by atoms with Gasteiger partial charge in [-0.15, -0.1) is 0 Å². The fourth-order valence-electron chi connectivity index (χ4n) is 3.20. The fraction of sp³-hybridized carbons (Fsp3) is 0.263. The maximum Gasteiger partial charge on any atom is 0.257 e. The van der Waals surface area contributed by atoms with Crippen LogP contribution in [0.25, 0.3) is 10.9 Å². The number of morpholine rings is 1. The number of nitrogens with zero attached hydrogens (tertiary/aromatic N) is 2. The first-order valence-corrected chi connectivity index (χ1v) is 8.40. The van der Waals surface area contributed by atoms with Crippen molar-refractivity contribution in [1.82, 2.24) is 10.2 Å². The molecule has 4 rings (SSSR count). The molecule has 6 nitrogen and oxygen atoms in total. The number of hydrogen-bond acceptors (Lipinski definition) is 4. The number of fused-ring (bicyclic) bond motifs is 1. The molecule has 128 valence electrons. The molecule has 2 heterocycles. The first-order valence-electron chi connectivity index (χ1n) is 8.40. The number of hydrogen-bond donors (Lipinski definition) is 2. The van der Waals surface area contributed by atoms with E-state index in [1.54, 1.807) is 12.3 Å². The van der Waals surface area contributed by atoms with Crippen LogP contribution in [0.5, 0.6) is 0 Å². The SMILES string of the molecule is CC1COCCN1c1ccc(NC(=O)c2cccc3cn[nH]c23)cc1. The Hall–Kier alpha value is -2.86. The number of ether oxygens (including phenoxy) is 1. The lowest BCUT2D eigenvalue weighted by Gasteiger charge is -2.35. The van der Waals surface area contributed by atoms with Crippen LogP contribution < -0.4 is 10.2 Å². The van der Waals surface area contributed by atoms with Crippen LogP contribution in [0.4, 0.5) is 11.4 Å². The highest BCUT2D eigenvalue weighted by Crippen LogP contribution is 2.23. The number of anilines is 2. The normalized spacial score (nSPS) is 17.6. The molecule has 1 amide bonds. The van der Waals surface area contributed by atoms with Crippen molar-refractivity contribution in [1.29, 1.82) is 0 Å². The van der Waals surface area contributed by atoms with Crippen LogP contribution in [0.2, 0.25) is 0 Å². The lowest BCUT2D eigenvalue weighted by Crippen LogP contribution is -2.43. The number of para-hydroxylation sites is 1. The van der Waals surface area contributed by atoms with Crippen molar-refractivity contribution >= 4 is 28.2 Å². The molecule has 0 aliphatic carbocycles. The average molecular weight is 336 g/mol. The smallest absolute Gasteiger partial charge is 0.257 e. The largest absolute Gasteiger partial charge is 0.377 e. The van der Waals surface area contributed by atoms with Gasteiger partial charge in [0.25, 0.3) is 5.91 Å². The molecule has 6 heteroatoms. The quantitative estimate of drug-likeness (QED) is 0.771. The standard InChI is InChI=1S/C19H20N4O2/c1-13-12-25-10-9-23(13)16-7-5-15(6-8-16)21-19(24)17-4-2-3-14-11-20-22-18(14)17/h2-8,11,13H,9-10,12H2,1H3,(H,20,22)(H,21,24). The van der Waals surface area contributed by atoms with Gasteiger partial charge in [0, 0.05) is 29.3 Å². The summed E-state index contributed by atoms with van der Waals surface area (Å²) in [5, 5.41) is 10.8. The molecule has 1 unspecified atom stereocenters. The lowest BCUT2D eigenvalue weighted by atomic mass is 10.1. The molecule has 2 aromatic carbocycles. The Kier molecular flexibility index (Phi) is 4.11. The van der Waals surface area contributed by atoms with E-state index in [1.807, 2.05) is 36.4 Å². The zero-order valence-electron chi connectivity index (χ0n) is 14.0. The molecule has 1 aliphatic heterocycles. The van der Waals surface area contributed by atoms with Gasteiger partial charge in [-0.2, -0.15) is 5.10 Å². The van der Waals surface area contributed by atoms with E-state index in [0.717, 1.165) is 42.0 Å². The van der Waals surface area contributed by atoms with Crippen LogP contribution in [0, 0.1) is 0 Å². The molecule has 0 saturated carbocycles. The van der Waals surface area contributed by atoms with Crippen LogP contribution in [-0.4, -0.2) is 41.9 Å². The maximum atomic E-state index is 12.6. The summed E-state index contributed by atoms with van der Waals surface area (Å²) in [7, 11) is 0. The summed E-state index contributed by atoms with van der Waals surface area (Å²) >= 11 is 0. The van der Waals surface area contributed by atoms with Gasteiger partial charge in [0.15, 0.2) is 0 Å². The van der Waals surface area contributed by atoms with Crippen molar-refractivity contribution < 1.29 is 9.53 Å². The molecule has 2 N–H and O–H groups in total. The predicted molar refractivity (Wildman–Crippen MR) is 98.1 cm³/mol. The zero-order valence-corrected chi connectivity index (χ0v) is 14.0. The number of amides is 1. The van der Waals surface area contributed by atoms with Gasteiger partial charge in [0.2, 0.25) is 0 Å². The summed E-state index contributed by atoms with van der Waals surface area (Å²) in [4.78, 5) is 14.9. The highest BCUT2D eigenvalue weighted by Gasteiger charge is 2.19. The first-order chi connectivity index (χ1) is 12.2. The van der Waals surface area contributed by atoms with E-state index >= 15 is 0 Å². The second kappa shape index (κ2) is 6.57. The highest BCUT2D eigenvalue weighted by atomic mass is 16.5. The van der Waals surface area contributed by atoms with Gasteiger partial charge in [-0.3, -0.25) is 9.89 Å². The van der Waals surface area contributed by atoms with Gasteiger partial charge < -0.3 is 15.0 Å². The maximum absolute atomic E-state index is 12.6. The van der Waals surface area contributed by atoms with Gasteiger partial charge in [0.05, 0.1) is 30.5 Å². The Morgan fingerprint density at radius 1 is 1.28 bits per heavy atom. The molecule has 1 aromatic heterocycles. The van der Waals surface area contributed by atoms with E-state index in [2.05, 4.69) is 27.3 Å². The predicted octanol–water partition coefficient (Wildman–Crippen LogP) is 3.04. The Labute approximate surface area is 145 Å². The molecule has 25 heavy (non-hydrogen) atoms. The van der Waals surface area contributed by atoms with Crippen LogP contribution in [-0.2, 0) is 4.74 Å². The molecule has 1 atom stereocenters.